The molecule has 7 heteroatoms. The molecular formula is C6H7ClN5O. The van der Waals surface area contributed by atoms with E-state index in [2.05, 4.69) is 20.3 Å². The number of anilines is 2. The quantitative estimate of drug-likeness (QED) is 0.700. The molecule has 0 aromatic carbocycles. The van der Waals surface area contributed by atoms with Gasteiger partial charge in [-0.25, -0.2) is 0 Å². The van der Waals surface area contributed by atoms with Crippen LogP contribution in [-0.4, -0.2) is 35.5 Å². The van der Waals surface area contributed by atoms with Crippen LogP contribution in [0.3, 0.4) is 0 Å². The van der Waals surface area contributed by atoms with Gasteiger partial charge in [-0.15, -0.1) is 0 Å². The minimum atomic E-state index is 0.0245. The van der Waals surface area contributed by atoms with Gasteiger partial charge in [0.1, 0.15) is 0 Å². The molecule has 0 saturated heterocycles. The summed E-state index contributed by atoms with van der Waals surface area (Å²) >= 11 is 5.57. The van der Waals surface area contributed by atoms with E-state index in [0.717, 1.165) is 4.90 Å². The highest BCUT2D eigenvalue weighted by Crippen LogP contribution is 2.10. The van der Waals surface area contributed by atoms with Crippen LogP contribution in [0.5, 0.6) is 0 Å². The number of hydrogen-bond acceptors (Lipinski definition) is 5. The Kier molecular flexibility index (Phi) is 2.97. The van der Waals surface area contributed by atoms with E-state index in [1.807, 2.05) is 0 Å². The van der Waals surface area contributed by atoms with E-state index in [0.29, 0.717) is 5.95 Å². The minimum absolute atomic E-state index is 0.0245. The van der Waals surface area contributed by atoms with Crippen LogP contribution in [0.15, 0.2) is 0 Å². The van der Waals surface area contributed by atoms with Crippen LogP contribution >= 0.6 is 11.6 Å². The summed E-state index contributed by atoms with van der Waals surface area (Å²) in [6, 6.07) is 0. The van der Waals surface area contributed by atoms with Gasteiger partial charge >= 0.3 is 6.41 Å². The van der Waals surface area contributed by atoms with Gasteiger partial charge in [0, 0.05) is 14.1 Å². The Morgan fingerprint density at radius 2 is 2.15 bits per heavy atom. The molecule has 1 N–H and O–H groups in total. The van der Waals surface area contributed by atoms with E-state index in [4.69, 9.17) is 11.6 Å². The van der Waals surface area contributed by atoms with Crippen LogP contribution < -0.4 is 10.2 Å². The standard InChI is InChI=1S/C6H7ClN5O/c1-8-5-9-4(7)10-6(11-5)12(2)3-13/h1-2H3,(H,8,9,10,11). The van der Waals surface area contributed by atoms with Crippen molar-refractivity contribution in [1.82, 2.24) is 15.0 Å². The molecule has 13 heavy (non-hydrogen) atoms. The molecule has 0 atom stereocenters. The number of rotatable bonds is 3. The third kappa shape index (κ3) is 2.25. The summed E-state index contributed by atoms with van der Waals surface area (Å²) < 4.78 is 0. The average Bonchev–Trinajstić information content (AvgIpc) is 2.15. The molecule has 0 spiro atoms. The zero-order chi connectivity index (χ0) is 9.84. The lowest BCUT2D eigenvalue weighted by atomic mass is 10.8. The van der Waals surface area contributed by atoms with Gasteiger partial charge < -0.3 is 5.32 Å². The summed E-state index contributed by atoms with van der Waals surface area (Å²) in [5.74, 6) is 0.455. The maximum atomic E-state index is 10.3. The molecule has 1 amide bonds. The number of nitrogens with zero attached hydrogens (tertiary/aromatic N) is 4. The second kappa shape index (κ2) is 3.99. The Bertz CT molecular complexity index is 318. The third-order valence-corrected chi connectivity index (χ3v) is 1.43. The average molecular weight is 201 g/mol. The highest BCUT2D eigenvalue weighted by Gasteiger charge is 2.07. The first-order chi connectivity index (χ1) is 6.17. The van der Waals surface area contributed by atoms with Gasteiger partial charge in [0.15, 0.2) is 0 Å². The van der Waals surface area contributed by atoms with Crippen LogP contribution in [-0.2, 0) is 4.79 Å². The fourth-order valence-corrected chi connectivity index (χ4v) is 0.798. The van der Waals surface area contributed by atoms with Gasteiger partial charge in [-0.1, -0.05) is 0 Å². The molecule has 1 heterocycles. The number of hydrogen-bond donors (Lipinski definition) is 1. The predicted octanol–water partition coefficient (Wildman–Crippen LogP) is 0.0701. The Labute approximate surface area is 80.0 Å². The van der Waals surface area contributed by atoms with Crippen molar-refractivity contribution < 1.29 is 4.79 Å². The number of amides is 1. The zero-order valence-corrected chi connectivity index (χ0v) is 7.83. The molecule has 1 aromatic rings. The fourth-order valence-electron chi connectivity index (χ4n) is 0.642. The van der Waals surface area contributed by atoms with Gasteiger partial charge in [0.25, 0.3) is 0 Å². The molecule has 1 rings (SSSR count). The van der Waals surface area contributed by atoms with Crippen LogP contribution in [0.2, 0.25) is 5.28 Å². The van der Waals surface area contributed by atoms with Crippen molar-refractivity contribution in [3.8, 4) is 0 Å². The normalized spacial score (nSPS) is 9.46. The molecule has 0 aliphatic heterocycles. The highest BCUT2D eigenvalue weighted by molar-refractivity contribution is 6.28. The van der Waals surface area contributed by atoms with Gasteiger partial charge in [-0.2, -0.15) is 15.0 Å². The summed E-state index contributed by atoms with van der Waals surface area (Å²) in [6.45, 7) is 0. The molecule has 0 bridgehead atoms. The van der Waals surface area contributed by atoms with Crippen molar-refractivity contribution in [3.63, 3.8) is 0 Å². The van der Waals surface area contributed by atoms with Crippen LogP contribution in [0.25, 0.3) is 0 Å². The van der Waals surface area contributed by atoms with E-state index < -0.39 is 0 Å². The summed E-state index contributed by atoms with van der Waals surface area (Å²) in [5, 5.41) is 2.71. The van der Waals surface area contributed by atoms with E-state index in [9.17, 15) is 4.79 Å². The van der Waals surface area contributed by atoms with Crippen molar-refractivity contribution in [2.45, 2.75) is 0 Å². The smallest absolute Gasteiger partial charge is 0.319 e. The number of aromatic nitrogens is 3. The Hall–Kier alpha value is -1.43. The van der Waals surface area contributed by atoms with Crippen molar-refractivity contribution in [1.29, 1.82) is 0 Å². The molecule has 0 aliphatic carbocycles. The largest absolute Gasteiger partial charge is 0.357 e. The van der Waals surface area contributed by atoms with Crippen LogP contribution in [0.4, 0.5) is 11.9 Å². The first-order valence-electron chi connectivity index (χ1n) is 3.38. The molecule has 0 aliphatic rings. The molecule has 6 nitrogen and oxygen atoms in total. The Morgan fingerprint density at radius 3 is 2.69 bits per heavy atom. The molecule has 1 aromatic heterocycles. The second-order valence-corrected chi connectivity index (χ2v) is 2.47. The van der Waals surface area contributed by atoms with Gasteiger partial charge in [0.05, 0.1) is 0 Å². The molecule has 0 unspecified atom stereocenters. The van der Waals surface area contributed by atoms with Gasteiger partial charge in [-0.05, 0) is 11.6 Å². The SMILES string of the molecule is CNc1nc(Cl)nc(N(C)[C]=O)n1. The summed E-state index contributed by atoms with van der Waals surface area (Å²) in [5.41, 5.74) is 0. The Balaban J connectivity index is 3.07. The monoisotopic (exact) mass is 200 g/mol. The molecule has 0 fully saturated rings. The molecule has 69 valence electrons. The van der Waals surface area contributed by atoms with Crippen LogP contribution in [0.1, 0.15) is 0 Å². The zero-order valence-electron chi connectivity index (χ0n) is 7.08. The topological polar surface area (TPSA) is 71.0 Å². The summed E-state index contributed by atoms with van der Waals surface area (Å²) in [4.78, 5) is 22.7. The molecule has 0 saturated carbocycles. The lowest BCUT2D eigenvalue weighted by Gasteiger charge is -2.07. The minimum Gasteiger partial charge on any atom is -0.357 e. The van der Waals surface area contributed by atoms with Crippen LogP contribution in [0, 0.1) is 0 Å². The first-order valence-corrected chi connectivity index (χ1v) is 3.76. The van der Waals surface area contributed by atoms with Crippen molar-refractivity contribution >= 4 is 29.9 Å². The van der Waals surface area contributed by atoms with E-state index in [1.54, 1.807) is 13.5 Å². The third-order valence-electron chi connectivity index (χ3n) is 1.26. The maximum Gasteiger partial charge on any atom is 0.319 e. The maximum absolute atomic E-state index is 10.3. The summed E-state index contributed by atoms with van der Waals surface area (Å²) in [6.07, 6.45) is 1.60. The van der Waals surface area contributed by atoms with Crippen molar-refractivity contribution in [3.05, 3.63) is 5.28 Å². The first kappa shape index (κ1) is 9.66. The fraction of sp³-hybridized carbons (Fsp3) is 0.333. The van der Waals surface area contributed by atoms with Crippen molar-refractivity contribution in [2.75, 3.05) is 24.3 Å². The number of carbonyl (C=O) groups excluding carboxylic acids is 1. The number of nitrogens with one attached hydrogen (secondary N) is 1. The highest BCUT2D eigenvalue weighted by atomic mass is 35.5. The second-order valence-electron chi connectivity index (χ2n) is 2.13. The van der Waals surface area contributed by atoms with E-state index >= 15 is 0 Å². The van der Waals surface area contributed by atoms with Gasteiger partial charge in [-0.3, -0.25) is 9.69 Å². The molecule has 1 radical (unpaired) electrons. The van der Waals surface area contributed by atoms with E-state index in [1.165, 1.54) is 7.05 Å². The summed E-state index contributed by atoms with van der Waals surface area (Å²) in [7, 11) is 3.11. The lowest BCUT2D eigenvalue weighted by molar-refractivity contribution is 0.553. The Morgan fingerprint density at radius 1 is 1.46 bits per heavy atom. The van der Waals surface area contributed by atoms with Gasteiger partial charge in [0.2, 0.25) is 17.2 Å². The predicted molar refractivity (Wildman–Crippen MR) is 48.5 cm³/mol. The molecular weight excluding hydrogens is 194 g/mol. The lowest BCUT2D eigenvalue weighted by Crippen LogP contribution is -2.18. The number of halogens is 1. The van der Waals surface area contributed by atoms with Crippen molar-refractivity contribution in [2.24, 2.45) is 0 Å². The van der Waals surface area contributed by atoms with E-state index in [-0.39, 0.29) is 11.2 Å².